The highest BCUT2D eigenvalue weighted by molar-refractivity contribution is 7.89. The van der Waals surface area contributed by atoms with E-state index < -0.39 is 15.9 Å². The number of ether oxygens (including phenoxy) is 1. The fourth-order valence-electron chi connectivity index (χ4n) is 2.10. The first kappa shape index (κ1) is 17.0. The highest BCUT2D eigenvalue weighted by atomic mass is 32.2. The van der Waals surface area contributed by atoms with Gasteiger partial charge in [-0.2, -0.15) is 0 Å². The van der Waals surface area contributed by atoms with E-state index in [9.17, 15) is 13.2 Å². The van der Waals surface area contributed by atoms with Crippen LogP contribution in [0.15, 0.2) is 53.4 Å². The number of carbonyl (C=O) groups excluding carboxylic acids is 1. The molecule has 122 valence electrons. The molecule has 6 nitrogen and oxygen atoms in total. The standard InChI is InChI=1S/C16H18N2O4S/c1-22-15-8-7-13(11-14(15)16(17)19)23(20,21)18-10-9-12-5-3-2-4-6-12/h2-8,11,18H,9-10H2,1H3,(H2,17,19). The van der Waals surface area contributed by atoms with Gasteiger partial charge in [-0.1, -0.05) is 30.3 Å². The van der Waals surface area contributed by atoms with Crippen molar-refractivity contribution in [2.75, 3.05) is 13.7 Å². The van der Waals surface area contributed by atoms with Gasteiger partial charge in [0.2, 0.25) is 10.0 Å². The average Bonchev–Trinajstić information content (AvgIpc) is 2.55. The van der Waals surface area contributed by atoms with E-state index in [1.807, 2.05) is 30.3 Å². The number of hydrogen-bond acceptors (Lipinski definition) is 4. The quantitative estimate of drug-likeness (QED) is 0.797. The molecule has 3 N–H and O–H groups in total. The Morgan fingerprint density at radius 1 is 1.17 bits per heavy atom. The third-order valence-corrected chi connectivity index (χ3v) is 4.75. The molecule has 2 aromatic carbocycles. The maximum Gasteiger partial charge on any atom is 0.252 e. The summed E-state index contributed by atoms with van der Waals surface area (Å²) in [5.41, 5.74) is 6.30. The van der Waals surface area contributed by atoms with E-state index in [-0.39, 0.29) is 22.8 Å². The van der Waals surface area contributed by atoms with Crippen molar-refractivity contribution in [2.24, 2.45) is 5.73 Å². The van der Waals surface area contributed by atoms with Crippen molar-refractivity contribution >= 4 is 15.9 Å². The number of primary amides is 1. The van der Waals surface area contributed by atoms with Crippen LogP contribution in [0.5, 0.6) is 5.75 Å². The van der Waals surface area contributed by atoms with Crippen molar-refractivity contribution in [2.45, 2.75) is 11.3 Å². The SMILES string of the molecule is COc1ccc(S(=O)(=O)NCCc2ccccc2)cc1C(N)=O. The van der Waals surface area contributed by atoms with Crippen LogP contribution in [0.2, 0.25) is 0 Å². The second-order valence-corrected chi connectivity index (χ2v) is 6.63. The summed E-state index contributed by atoms with van der Waals surface area (Å²) in [6.45, 7) is 0.254. The van der Waals surface area contributed by atoms with Crippen LogP contribution < -0.4 is 15.2 Å². The number of nitrogens with one attached hydrogen (secondary N) is 1. The Kier molecular flexibility index (Phi) is 5.36. The van der Waals surface area contributed by atoms with Gasteiger partial charge in [-0.05, 0) is 30.2 Å². The van der Waals surface area contributed by atoms with Gasteiger partial charge in [-0.25, -0.2) is 13.1 Å². The zero-order valence-corrected chi connectivity index (χ0v) is 13.5. The van der Waals surface area contributed by atoms with Crippen molar-refractivity contribution in [3.05, 3.63) is 59.7 Å². The zero-order chi connectivity index (χ0) is 16.9. The van der Waals surface area contributed by atoms with Crippen LogP contribution in [0.3, 0.4) is 0 Å². The number of hydrogen-bond donors (Lipinski definition) is 2. The largest absolute Gasteiger partial charge is 0.496 e. The molecule has 23 heavy (non-hydrogen) atoms. The van der Waals surface area contributed by atoms with Crippen molar-refractivity contribution in [3.8, 4) is 5.75 Å². The first-order valence-electron chi connectivity index (χ1n) is 6.95. The van der Waals surface area contributed by atoms with E-state index in [2.05, 4.69) is 4.72 Å². The van der Waals surface area contributed by atoms with Crippen LogP contribution in [-0.4, -0.2) is 28.0 Å². The molecule has 0 atom stereocenters. The highest BCUT2D eigenvalue weighted by Crippen LogP contribution is 2.21. The molecule has 0 spiro atoms. The lowest BCUT2D eigenvalue weighted by atomic mass is 10.2. The summed E-state index contributed by atoms with van der Waals surface area (Å²) in [5.74, 6) is -0.510. The van der Waals surface area contributed by atoms with Gasteiger partial charge in [-0.15, -0.1) is 0 Å². The number of rotatable bonds is 7. The highest BCUT2D eigenvalue weighted by Gasteiger charge is 2.18. The van der Waals surface area contributed by atoms with Crippen molar-refractivity contribution in [3.63, 3.8) is 0 Å². The summed E-state index contributed by atoms with van der Waals surface area (Å²) < 4.78 is 32.1. The number of methoxy groups -OCH3 is 1. The van der Waals surface area contributed by atoms with E-state index in [4.69, 9.17) is 10.5 Å². The predicted molar refractivity (Wildman–Crippen MR) is 86.8 cm³/mol. The topological polar surface area (TPSA) is 98.5 Å². The van der Waals surface area contributed by atoms with Gasteiger partial charge in [0.05, 0.1) is 17.6 Å². The van der Waals surface area contributed by atoms with E-state index in [0.29, 0.717) is 6.42 Å². The molecule has 0 radical (unpaired) electrons. The van der Waals surface area contributed by atoms with Gasteiger partial charge in [0, 0.05) is 6.54 Å². The Hall–Kier alpha value is -2.38. The van der Waals surface area contributed by atoms with Crippen LogP contribution >= 0.6 is 0 Å². The number of amides is 1. The fourth-order valence-corrected chi connectivity index (χ4v) is 3.16. The maximum absolute atomic E-state index is 12.3. The summed E-state index contributed by atoms with van der Waals surface area (Å²) in [5, 5.41) is 0. The molecule has 0 bridgehead atoms. The van der Waals surface area contributed by atoms with E-state index in [1.54, 1.807) is 0 Å². The van der Waals surface area contributed by atoms with Crippen molar-refractivity contribution in [1.29, 1.82) is 0 Å². The van der Waals surface area contributed by atoms with Gasteiger partial charge in [-0.3, -0.25) is 4.79 Å². The first-order valence-corrected chi connectivity index (χ1v) is 8.44. The second kappa shape index (κ2) is 7.26. The molecule has 0 heterocycles. The minimum Gasteiger partial charge on any atom is -0.496 e. The summed E-state index contributed by atoms with van der Waals surface area (Å²) in [4.78, 5) is 11.4. The Morgan fingerprint density at radius 2 is 1.87 bits per heavy atom. The summed E-state index contributed by atoms with van der Waals surface area (Å²) in [6, 6.07) is 13.5. The molecule has 0 aliphatic carbocycles. The number of sulfonamides is 1. The normalized spacial score (nSPS) is 11.2. The molecular weight excluding hydrogens is 316 g/mol. The molecule has 0 saturated carbocycles. The molecular formula is C16H18N2O4S. The second-order valence-electron chi connectivity index (χ2n) is 4.86. The summed E-state index contributed by atoms with van der Waals surface area (Å²) >= 11 is 0. The van der Waals surface area contributed by atoms with Crippen LogP contribution in [0.4, 0.5) is 0 Å². The Bertz CT molecular complexity index is 789. The van der Waals surface area contributed by atoms with Crippen LogP contribution in [0, 0.1) is 0 Å². The predicted octanol–water partition coefficient (Wildman–Crippen LogP) is 1.32. The molecule has 2 aromatic rings. The molecule has 7 heteroatoms. The minimum atomic E-state index is -3.72. The molecule has 0 fully saturated rings. The number of carbonyl (C=O) groups is 1. The lowest BCUT2D eigenvalue weighted by Crippen LogP contribution is -2.26. The number of nitrogens with two attached hydrogens (primary N) is 1. The first-order chi connectivity index (χ1) is 10.9. The molecule has 0 unspecified atom stereocenters. The van der Waals surface area contributed by atoms with E-state index >= 15 is 0 Å². The Morgan fingerprint density at radius 3 is 2.48 bits per heavy atom. The summed E-state index contributed by atoms with van der Waals surface area (Å²) in [7, 11) is -2.34. The lowest BCUT2D eigenvalue weighted by Gasteiger charge is -2.10. The van der Waals surface area contributed by atoms with E-state index in [1.165, 1.54) is 25.3 Å². The van der Waals surface area contributed by atoms with Gasteiger partial charge in [0.1, 0.15) is 5.75 Å². The Labute approximate surface area is 135 Å². The smallest absolute Gasteiger partial charge is 0.252 e. The Balaban J connectivity index is 2.13. The van der Waals surface area contributed by atoms with Crippen molar-refractivity contribution < 1.29 is 17.9 Å². The average molecular weight is 334 g/mol. The molecule has 0 aliphatic rings. The minimum absolute atomic E-state index is 0.0263. The van der Waals surface area contributed by atoms with Gasteiger partial charge in [0.25, 0.3) is 5.91 Å². The van der Waals surface area contributed by atoms with E-state index in [0.717, 1.165) is 5.56 Å². The van der Waals surface area contributed by atoms with Crippen LogP contribution in [0.25, 0.3) is 0 Å². The number of benzene rings is 2. The fraction of sp³-hybridized carbons (Fsp3) is 0.188. The summed E-state index contributed by atoms with van der Waals surface area (Å²) in [6.07, 6.45) is 0.568. The van der Waals surface area contributed by atoms with Gasteiger partial charge in [0.15, 0.2) is 0 Å². The molecule has 0 aliphatic heterocycles. The maximum atomic E-state index is 12.3. The van der Waals surface area contributed by atoms with Gasteiger partial charge < -0.3 is 10.5 Å². The lowest BCUT2D eigenvalue weighted by molar-refractivity contribution is 0.0997. The molecule has 0 saturated heterocycles. The van der Waals surface area contributed by atoms with Crippen LogP contribution in [0.1, 0.15) is 15.9 Å². The third kappa shape index (κ3) is 4.30. The molecule has 1 amide bonds. The van der Waals surface area contributed by atoms with Crippen molar-refractivity contribution in [1.82, 2.24) is 4.72 Å². The zero-order valence-electron chi connectivity index (χ0n) is 12.7. The molecule has 2 rings (SSSR count). The van der Waals surface area contributed by atoms with Gasteiger partial charge >= 0.3 is 0 Å². The monoisotopic (exact) mass is 334 g/mol. The molecule has 0 aromatic heterocycles. The van der Waals surface area contributed by atoms with Crippen LogP contribution in [-0.2, 0) is 16.4 Å². The third-order valence-electron chi connectivity index (χ3n) is 3.30.